The first-order valence-electron chi connectivity index (χ1n) is 5.96. The van der Waals surface area contributed by atoms with Crippen LogP contribution in [-0.4, -0.2) is 38.6 Å². The smallest absolute Gasteiger partial charge is 0.242 e. The van der Waals surface area contributed by atoms with Gasteiger partial charge in [-0.25, -0.2) is 4.98 Å². The molecule has 1 aliphatic rings. The average molecular weight is 279 g/mol. The normalized spacial score (nSPS) is 14.6. The maximum atomic E-state index is 11.8. The van der Waals surface area contributed by atoms with E-state index in [9.17, 15) is 4.79 Å². The molecule has 2 N–H and O–H groups in total. The van der Waals surface area contributed by atoms with Crippen LogP contribution in [0.25, 0.3) is 11.2 Å². The van der Waals surface area contributed by atoms with Gasteiger partial charge in [-0.3, -0.25) is 9.36 Å². The molecule has 1 amide bonds. The molecule has 1 aliphatic carbocycles. The van der Waals surface area contributed by atoms with Gasteiger partial charge in [-0.05, 0) is 25.1 Å². The predicted octanol–water partition coefficient (Wildman–Crippen LogP) is 0.776. The van der Waals surface area contributed by atoms with Crippen molar-refractivity contribution < 1.29 is 9.53 Å². The van der Waals surface area contributed by atoms with E-state index in [2.05, 4.69) is 20.3 Å². The summed E-state index contributed by atoms with van der Waals surface area (Å²) in [5.41, 5.74) is 1.18. The third kappa shape index (κ3) is 2.30. The van der Waals surface area contributed by atoms with Crippen LogP contribution in [0.15, 0.2) is 6.33 Å². The van der Waals surface area contributed by atoms with E-state index in [1.165, 1.54) is 13.4 Å². The van der Waals surface area contributed by atoms with Crippen molar-refractivity contribution in [1.82, 2.24) is 24.8 Å². The molecule has 0 bridgehead atoms. The fourth-order valence-electron chi connectivity index (χ4n) is 1.89. The van der Waals surface area contributed by atoms with Gasteiger partial charge in [0.25, 0.3) is 0 Å². The van der Waals surface area contributed by atoms with Crippen LogP contribution in [0.2, 0.25) is 0 Å². The van der Waals surface area contributed by atoms with Crippen molar-refractivity contribution in [2.75, 3.05) is 7.11 Å². The Hall–Kier alpha value is -1.96. The number of fused-ring (bicyclic) bond motifs is 1. The molecule has 0 aliphatic heterocycles. The Labute approximate surface area is 114 Å². The van der Waals surface area contributed by atoms with E-state index in [1.807, 2.05) is 0 Å². The van der Waals surface area contributed by atoms with E-state index >= 15 is 0 Å². The average Bonchev–Trinajstić information content (AvgIpc) is 3.14. The number of nitrogens with zero attached hydrogens (tertiary/aromatic N) is 3. The first-order chi connectivity index (χ1) is 9.19. The van der Waals surface area contributed by atoms with Crippen LogP contribution < -0.4 is 10.1 Å². The largest absolute Gasteiger partial charge is 0.479 e. The highest BCUT2D eigenvalue weighted by Crippen LogP contribution is 2.21. The van der Waals surface area contributed by atoms with Gasteiger partial charge in [0.05, 0.1) is 7.11 Å². The SMILES string of the molecule is COc1ncnc2c1[nH]c(=S)n2CC(=O)NC1CC1. The highest BCUT2D eigenvalue weighted by Gasteiger charge is 2.23. The summed E-state index contributed by atoms with van der Waals surface area (Å²) in [6, 6.07) is 0.330. The number of hydrogen-bond acceptors (Lipinski definition) is 5. The quantitative estimate of drug-likeness (QED) is 0.808. The van der Waals surface area contributed by atoms with E-state index in [0.717, 1.165) is 12.8 Å². The zero-order valence-corrected chi connectivity index (χ0v) is 11.2. The van der Waals surface area contributed by atoms with Crippen molar-refractivity contribution in [3.8, 4) is 5.88 Å². The number of aromatic amines is 1. The Morgan fingerprint density at radius 3 is 3.11 bits per heavy atom. The number of rotatable bonds is 4. The standard InChI is InChI=1S/C11H13N5O2S/c1-18-10-8-9(12-5-13-10)16(11(19)15-8)4-7(17)14-6-2-3-6/h5-6H,2-4H2,1H3,(H,14,17)(H,15,19). The van der Waals surface area contributed by atoms with E-state index in [4.69, 9.17) is 17.0 Å². The molecule has 7 nitrogen and oxygen atoms in total. The van der Waals surface area contributed by atoms with Crippen LogP contribution >= 0.6 is 12.2 Å². The second-order valence-electron chi connectivity index (χ2n) is 4.44. The highest BCUT2D eigenvalue weighted by molar-refractivity contribution is 7.71. The lowest BCUT2D eigenvalue weighted by Crippen LogP contribution is -2.29. The van der Waals surface area contributed by atoms with Crippen LogP contribution in [-0.2, 0) is 11.3 Å². The summed E-state index contributed by atoms with van der Waals surface area (Å²) in [5, 5.41) is 2.92. The number of aromatic nitrogens is 4. The van der Waals surface area contributed by atoms with E-state index in [0.29, 0.717) is 27.9 Å². The third-order valence-electron chi connectivity index (χ3n) is 2.96. The van der Waals surface area contributed by atoms with Crippen molar-refractivity contribution in [1.29, 1.82) is 0 Å². The minimum atomic E-state index is -0.0583. The monoisotopic (exact) mass is 279 g/mol. The molecule has 0 spiro atoms. The molecule has 100 valence electrons. The second kappa shape index (κ2) is 4.61. The molecule has 0 unspecified atom stereocenters. The molecule has 2 heterocycles. The number of carbonyl (C=O) groups excluding carboxylic acids is 1. The van der Waals surface area contributed by atoms with Gasteiger partial charge in [-0.1, -0.05) is 0 Å². The fraction of sp³-hybridized carbons (Fsp3) is 0.455. The summed E-state index contributed by atoms with van der Waals surface area (Å²) in [4.78, 5) is 23.0. The lowest BCUT2D eigenvalue weighted by Gasteiger charge is -2.05. The lowest BCUT2D eigenvalue weighted by atomic mass is 10.5. The number of methoxy groups -OCH3 is 1. The second-order valence-corrected chi connectivity index (χ2v) is 4.83. The van der Waals surface area contributed by atoms with Crippen molar-refractivity contribution >= 4 is 29.3 Å². The molecule has 0 saturated heterocycles. The summed E-state index contributed by atoms with van der Waals surface area (Å²) < 4.78 is 7.21. The van der Waals surface area contributed by atoms with Gasteiger partial charge in [0.15, 0.2) is 10.4 Å². The third-order valence-corrected chi connectivity index (χ3v) is 3.29. The number of H-pyrrole nitrogens is 1. The van der Waals surface area contributed by atoms with Crippen molar-refractivity contribution in [2.45, 2.75) is 25.4 Å². The Balaban J connectivity index is 1.96. The first kappa shape index (κ1) is 12.1. The van der Waals surface area contributed by atoms with Gasteiger partial charge in [0.2, 0.25) is 11.8 Å². The highest BCUT2D eigenvalue weighted by atomic mass is 32.1. The fourth-order valence-corrected chi connectivity index (χ4v) is 2.14. The summed E-state index contributed by atoms with van der Waals surface area (Å²) in [7, 11) is 1.52. The number of ether oxygens (including phenoxy) is 1. The van der Waals surface area contributed by atoms with Crippen LogP contribution in [0, 0.1) is 4.77 Å². The molecule has 1 saturated carbocycles. The van der Waals surface area contributed by atoms with Crippen LogP contribution in [0.1, 0.15) is 12.8 Å². The van der Waals surface area contributed by atoms with E-state index in [-0.39, 0.29) is 12.5 Å². The molecule has 8 heteroatoms. The maximum absolute atomic E-state index is 11.8. The van der Waals surface area contributed by atoms with Gasteiger partial charge in [-0.15, -0.1) is 0 Å². The van der Waals surface area contributed by atoms with Gasteiger partial charge < -0.3 is 15.0 Å². The van der Waals surface area contributed by atoms with E-state index < -0.39 is 0 Å². The number of carbonyl (C=O) groups is 1. The minimum absolute atomic E-state index is 0.0583. The zero-order chi connectivity index (χ0) is 13.4. The van der Waals surface area contributed by atoms with Gasteiger partial charge in [0, 0.05) is 6.04 Å². The van der Waals surface area contributed by atoms with Crippen molar-refractivity contribution in [3.63, 3.8) is 0 Å². The predicted molar refractivity (Wildman–Crippen MR) is 70.4 cm³/mol. The Morgan fingerprint density at radius 1 is 1.63 bits per heavy atom. The van der Waals surface area contributed by atoms with Gasteiger partial charge in [-0.2, -0.15) is 4.98 Å². The molecule has 0 aromatic carbocycles. The van der Waals surface area contributed by atoms with E-state index in [1.54, 1.807) is 4.57 Å². The molecular weight excluding hydrogens is 266 g/mol. The Kier molecular flexibility index (Phi) is 2.94. The molecule has 1 fully saturated rings. The molecule has 2 aromatic heterocycles. The number of amides is 1. The van der Waals surface area contributed by atoms with Crippen LogP contribution in [0.3, 0.4) is 0 Å². The molecule has 3 rings (SSSR count). The molecular formula is C11H13N5O2S. The van der Waals surface area contributed by atoms with Crippen LogP contribution in [0.5, 0.6) is 5.88 Å². The van der Waals surface area contributed by atoms with Crippen molar-refractivity contribution in [2.24, 2.45) is 0 Å². The Bertz CT molecular complexity index is 688. The Morgan fingerprint density at radius 2 is 2.42 bits per heavy atom. The summed E-state index contributed by atoms with van der Waals surface area (Å²) >= 11 is 5.21. The summed E-state index contributed by atoms with van der Waals surface area (Å²) in [6.45, 7) is 0.148. The van der Waals surface area contributed by atoms with Crippen molar-refractivity contribution in [3.05, 3.63) is 11.1 Å². The minimum Gasteiger partial charge on any atom is -0.479 e. The molecule has 0 atom stereocenters. The molecule has 0 radical (unpaired) electrons. The van der Waals surface area contributed by atoms with Gasteiger partial charge >= 0.3 is 0 Å². The lowest BCUT2D eigenvalue weighted by molar-refractivity contribution is -0.121. The maximum Gasteiger partial charge on any atom is 0.242 e. The molecule has 19 heavy (non-hydrogen) atoms. The number of imidazole rings is 1. The summed E-state index contributed by atoms with van der Waals surface area (Å²) in [6.07, 6.45) is 3.50. The zero-order valence-electron chi connectivity index (χ0n) is 10.3. The topological polar surface area (TPSA) is 84.8 Å². The van der Waals surface area contributed by atoms with Crippen LogP contribution in [0.4, 0.5) is 0 Å². The molecule has 2 aromatic rings. The number of nitrogens with one attached hydrogen (secondary N) is 2. The summed E-state index contributed by atoms with van der Waals surface area (Å²) in [5.74, 6) is 0.356. The number of hydrogen-bond donors (Lipinski definition) is 2. The van der Waals surface area contributed by atoms with Gasteiger partial charge in [0.1, 0.15) is 18.4 Å². The first-order valence-corrected chi connectivity index (χ1v) is 6.36.